The van der Waals surface area contributed by atoms with Gasteiger partial charge < -0.3 is 19.5 Å². The van der Waals surface area contributed by atoms with Gasteiger partial charge in [0.2, 0.25) is 0 Å². The van der Waals surface area contributed by atoms with Crippen LogP contribution in [0.4, 0.5) is 0 Å². The molecule has 6 nitrogen and oxygen atoms in total. The molecule has 2 heterocycles. The summed E-state index contributed by atoms with van der Waals surface area (Å²) in [6, 6.07) is 8.67. The molecule has 1 N–H and O–H groups in total. The molecule has 1 aliphatic heterocycles. The van der Waals surface area contributed by atoms with Crippen molar-refractivity contribution in [1.82, 2.24) is 19.8 Å². The van der Waals surface area contributed by atoms with E-state index < -0.39 is 0 Å². The first-order valence-electron chi connectivity index (χ1n) is 9.27. The Morgan fingerprint density at radius 1 is 1.33 bits per heavy atom. The number of rotatable bonds is 5. The molecule has 2 aromatic rings. The Morgan fingerprint density at radius 2 is 2.11 bits per heavy atom. The fourth-order valence-corrected chi connectivity index (χ4v) is 3.54. The van der Waals surface area contributed by atoms with Crippen LogP contribution in [0.15, 0.2) is 48.0 Å². The highest BCUT2D eigenvalue weighted by Gasteiger charge is 2.28. The molecular formula is C20H30IN5O. The fraction of sp³-hybridized carbons (Fsp3) is 0.500. The van der Waals surface area contributed by atoms with Crippen LogP contribution in [0.1, 0.15) is 24.9 Å². The number of nitrogens with zero attached hydrogens (tertiary/aromatic N) is 4. The number of guanidine groups is 1. The number of likely N-dealkylation sites (tertiary alicyclic amines) is 1. The number of piperidine rings is 1. The lowest BCUT2D eigenvalue weighted by Gasteiger charge is -2.39. The summed E-state index contributed by atoms with van der Waals surface area (Å²) in [5, 5.41) is 3.52. The molecule has 148 valence electrons. The highest BCUT2D eigenvalue weighted by atomic mass is 127. The maximum absolute atomic E-state index is 5.21. The third kappa shape index (κ3) is 5.60. The van der Waals surface area contributed by atoms with Crippen LogP contribution in [0.2, 0.25) is 0 Å². The van der Waals surface area contributed by atoms with Crippen LogP contribution in [-0.4, -0.2) is 54.2 Å². The third-order valence-electron chi connectivity index (χ3n) is 5.19. The van der Waals surface area contributed by atoms with E-state index in [1.165, 1.54) is 5.56 Å². The highest BCUT2D eigenvalue weighted by Crippen LogP contribution is 2.27. The summed E-state index contributed by atoms with van der Waals surface area (Å²) >= 11 is 0. The minimum Gasteiger partial charge on any atom is -0.497 e. The van der Waals surface area contributed by atoms with E-state index >= 15 is 0 Å². The average molecular weight is 483 g/mol. The van der Waals surface area contributed by atoms with E-state index in [0.29, 0.717) is 12.0 Å². The number of aromatic nitrogens is 2. The molecule has 27 heavy (non-hydrogen) atoms. The highest BCUT2D eigenvalue weighted by molar-refractivity contribution is 14.0. The van der Waals surface area contributed by atoms with Crippen LogP contribution in [0.3, 0.4) is 0 Å². The van der Waals surface area contributed by atoms with Crippen molar-refractivity contribution in [2.75, 3.05) is 33.8 Å². The molecule has 0 aliphatic carbocycles. The van der Waals surface area contributed by atoms with Crippen LogP contribution in [0.5, 0.6) is 5.75 Å². The van der Waals surface area contributed by atoms with Gasteiger partial charge in [0.25, 0.3) is 0 Å². The first-order chi connectivity index (χ1) is 12.7. The summed E-state index contributed by atoms with van der Waals surface area (Å²) < 4.78 is 7.43. The number of benzene rings is 1. The molecule has 7 heteroatoms. The molecule has 0 amide bonds. The maximum atomic E-state index is 5.21. The number of hydrogen-bond donors (Lipinski definition) is 1. The monoisotopic (exact) mass is 483 g/mol. The second-order valence-corrected chi connectivity index (χ2v) is 6.86. The van der Waals surface area contributed by atoms with Crippen LogP contribution < -0.4 is 10.1 Å². The van der Waals surface area contributed by atoms with Gasteiger partial charge in [-0.2, -0.15) is 0 Å². The second-order valence-electron chi connectivity index (χ2n) is 6.86. The summed E-state index contributed by atoms with van der Waals surface area (Å²) in [6.07, 6.45) is 7.95. The lowest BCUT2D eigenvalue weighted by atomic mass is 9.93. The Balaban J connectivity index is 0.00000261. The molecular weight excluding hydrogens is 453 g/mol. The van der Waals surface area contributed by atoms with E-state index in [2.05, 4.69) is 50.0 Å². The van der Waals surface area contributed by atoms with Gasteiger partial charge in [-0.15, -0.1) is 24.0 Å². The van der Waals surface area contributed by atoms with E-state index in [9.17, 15) is 0 Å². The largest absolute Gasteiger partial charge is 0.497 e. The SMILES string of the molecule is CN=C(NCCc1ccc(OC)cc1)N1CCC(C)C(n2ccnc2)C1.I. The van der Waals surface area contributed by atoms with Gasteiger partial charge in [0.15, 0.2) is 5.96 Å². The molecule has 3 rings (SSSR count). The molecule has 1 saturated heterocycles. The molecule has 0 spiro atoms. The summed E-state index contributed by atoms with van der Waals surface area (Å²) in [5.74, 6) is 2.51. The summed E-state index contributed by atoms with van der Waals surface area (Å²) in [7, 11) is 3.55. The van der Waals surface area contributed by atoms with E-state index in [0.717, 1.165) is 44.2 Å². The van der Waals surface area contributed by atoms with Crippen molar-refractivity contribution >= 4 is 29.9 Å². The van der Waals surface area contributed by atoms with Crippen molar-refractivity contribution in [3.05, 3.63) is 48.5 Å². The molecule has 1 aromatic heterocycles. The molecule has 2 atom stereocenters. The van der Waals surface area contributed by atoms with E-state index in [1.54, 1.807) is 7.11 Å². The summed E-state index contributed by atoms with van der Waals surface area (Å²) in [4.78, 5) is 11.1. The maximum Gasteiger partial charge on any atom is 0.193 e. The zero-order valence-electron chi connectivity index (χ0n) is 16.3. The van der Waals surface area contributed by atoms with Gasteiger partial charge in [-0.25, -0.2) is 4.98 Å². The minimum atomic E-state index is 0. The number of aliphatic imine (C=N–C) groups is 1. The van der Waals surface area contributed by atoms with Gasteiger partial charge in [0.05, 0.1) is 19.5 Å². The predicted octanol–water partition coefficient (Wildman–Crippen LogP) is 3.21. The first kappa shape index (κ1) is 21.5. The number of nitrogens with one attached hydrogen (secondary N) is 1. The van der Waals surface area contributed by atoms with E-state index in [1.807, 2.05) is 31.7 Å². The predicted molar refractivity (Wildman–Crippen MR) is 120 cm³/mol. The molecule has 0 radical (unpaired) electrons. The lowest BCUT2D eigenvalue weighted by Crippen LogP contribution is -2.49. The molecule has 0 saturated carbocycles. The molecule has 1 aromatic carbocycles. The Morgan fingerprint density at radius 3 is 2.74 bits per heavy atom. The van der Waals surface area contributed by atoms with Crippen molar-refractivity contribution < 1.29 is 4.74 Å². The van der Waals surface area contributed by atoms with Crippen molar-refractivity contribution in [2.45, 2.75) is 25.8 Å². The summed E-state index contributed by atoms with van der Waals surface area (Å²) in [6.45, 7) is 5.18. The Bertz CT molecular complexity index is 702. The minimum absolute atomic E-state index is 0. The van der Waals surface area contributed by atoms with Gasteiger partial charge in [0, 0.05) is 39.1 Å². The average Bonchev–Trinajstić information content (AvgIpc) is 3.21. The van der Waals surface area contributed by atoms with Gasteiger partial charge in [-0.3, -0.25) is 4.99 Å². The van der Waals surface area contributed by atoms with Gasteiger partial charge in [-0.1, -0.05) is 19.1 Å². The quantitative estimate of drug-likeness (QED) is 0.403. The van der Waals surface area contributed by atoms with Crippen molar-refractivity contribution in [3.63, 3.8) is 0 Å². The third-order valence-corrected chi connectivity index (χ3v) is 5.19. The van der Waals surface area contributed by atoms with Crippen LogP contribution in [0, 0.1) is 5.92 Å². The molecule has 0 bridgehead atoms. The number of ether oxygens (including phenoxy) is 1. The van der Waals surface area contributed by atoms with Gasteiger partial charge in [-0.05, 0) is 36.5 Å². The van der Waals surface area contributed by atoms with Crippen LogP contribution in [0.25, 0.3) is 0 Å². The van der Waals surface area contributed by atoms with Gasteiger partial charge >= 0.3 is 0 Å². The van der Waals surface area contributed by atoms with Crippen LogP contribution in [-0.2, 0) is 6.42 Å². The Labute approximate surface area is 179 Å². The number of imidazole rings is 1. The Kier molecular flexibility index (Phi) is 8.40. The molecule has 1 fully saturated rings. The first-order valence-corrected chi connectivity index (χ1v) is 9.27. The topological polar surface area (TPSA) is 54.7 Å². The number of hydrogen-bond acceptors (Lipinski definition) is 3. The normalized spacial score (nSPS) is 20.1. The zero-order chi connectivity index (χ0) is 18.4. The summed E-state index contributed by atoms with van der Waals surface area (Å²) in [5.41, 5.74) is 1.29. The second kappa shape index (κ2) is 10.5. The standard InChI is InChI=1S/C20H29N5O.HI/c1-16-9-12-24(14-19(16)25-13-11-22-15-25)20(21-2)23-10-8-17-4-6-18(26-3)7-5-17;/h4-7,11,13,15-16,19H,8-10,12,14H2,1-3H3,(H,21,23);1H. The number of methoxy groups -OCH3 is 1. The van der Waals surface area contributed by atoms with Crippen molar-refractivity contribution in [2.24, 2.45) is 10.9 Å². The van der Waals surface area contributed by atoms with Gasteiger partial charge in [0.1, 0.15) is 5.75 Å². The van der Waals surface area contributed by atoms with Crippen molar-refractivity contribution in [3.8, 4) is 5.75 Å². The zero-order valence-corrected chi connectivity index (χ0v) is 18.7. The lowest BCUT2D eigenvalue weighted by molar-refractivity contribution is 0.189. The van der Waals surface area contributed by atoms with E-state index in [4.69, 9.17) is 4.74 Å². The Hall–Kier alpha value is -1.77. The molecule has 2 unspecified atom stereocenters. The molecule has 1 aliphatic rings. The number of halogens is 1. The van der Waals surface area contributed by atoms with E-state index in [-0.39, 0.29) is 24.0 Å². The van der Waals surface area contributed by atoms with Crippen LogP contribution >= 0.6 is 24.0 Å². The van der Waals surface area contributed by atoms with Crippen molar-refractivity contribution in [1.29, 1.82) is 0 Å². The smallest absolute Gasteiger partial charge is 0.193 e. The fourth-order valence-electron chi connectivity index (χ4n) is 3.54.